The highest BCUT2D eigenvalue weighted by atomic mass is 16.7. The summed E-state index contributed by atoms with van der Waals surface area (Å²) in [6.45, 7) is 8.02. The van der Waals surface area contributed by atoms with E-state index >= 15 is 0 Å². The molecule has 0 aliphatic carbocycles. The van der Waals surface area contributed by atoms with Crippen molar-refractivity contribution in [2.75, 3.05) is 13.2 Å². The molecular formula is C21H36O2. The lowest BCUT2D eigenvalue weighted by atomic mass is 10.2. The van der Waals surface area contributed by atoms with Crippen molar-refractivity contribution in [2.24, 2.45) is 0 Å². The summed E-state index contributed by atoms with van der Waals surface area (Å²) >= 11 is 0. The minimum absolute atomic E-state index is 0.573. The maximum absolute atomic E-state index is 5.70. The molecule has 0 unspecified atom stereocenters. The predicted octanol–water partition coefficient (Wildman–Crippen LogP) is 6.38. The zero-order chi connectivity index (χ0) is 17.0. The molecule has 0 fully saturated rings. The van der Waals surface area contributed by atoms with E-state index in [-0.39, 0.29) is 0 Å². The molecule has 0 atom stereocenters. The molecule has 132 valence electrons. The van der Waals surface area contributed by atoms with E-state index in [4.69, 9.17) is 9.47 Å². The van der Waals surface area contributed by atoms with Gasteiger partial charge in [-0.25, -0.2) is 0 Å². The second-order valence-electron chi connectivity index (χ2n) is 5.76. The summed E-state index contributed by atoms with van der Waals surface area (Å²) in [4.78, 5) is 0. The normalized spacial score (nSPS) is 10.2. The molecule has 2 heteroatoms. The average Bonchev–Trinajstić information content (AvgIpc) is 2.57. The van der Waals surface area contributed by atoms with Crippen molar-refractivity contribution in [3.05, 3.63) is 24.2 Å². The van der Waals surface area contributed by atoms with Crippen LogP contribution in [0.5, 0.6) is 0 Å². The molecular weight excluding hydrogens is 284 g/mol. The molecule has 23 heavy (non-hydrogen) atoms. The first-order valence-electron chi connectivity index (χ1n) is 9.46. The highest BCUT2D eigenvalue weighted by molar-refractivity contribution is 5.23. The Morgan fingerprint density at radius 1 is 0.739 bits per heavy atom. The van der Waals surface area contributed by atoms with Crippen molar-refractivity contribution >= 4 is 0 Å². The van der Waals surface area contributed by atoms with E-state index in [0.717, 1.165) is 19.3 Å². The Hall–Kier alpha value is -1.36. The van der Waals surface area contributed by atoms with E-state index in [0.29, 0.717) is 19.2 Å². The number of hydrogen-bond acceptors (Lipinski definition) is 2. The maximum Gasteiger partial charge on any atom is 0.287 e. The Labute approximate surface area is 144 Å². The van der Waals surface area contributed by atoms with E-state index in [9.17, 15) is 0 Å². The summed E-state index contributed by atoms with van der Waals surface area (Å²) in [5.74, 6) is 6.61. The van der Waals surface area contributed by atoms with Crippen LogP contribution in [0.25, 0.3) is 0 Å². The Morgan fingerprint density at radius 2 is 1.30 bits per heavy atom. The fraction of sp³-hybridized carbons (Fsp3) is 0.714. The van der Waals surface area contributed by atoms with Gasteiger partial charge in [0.05, 0.1) is 19.3 Å². The van der Waals surface area contributed by atoms with Crippen molar-refractivity contribution in [1.29, 1.82) is 0 Å². The minimum Gasteiger partial charge on any atom is -0.465 e. The molecule has 0 spiro atoms. The van der Waals surface area contributed by atoms with Crippen LogP contribution in [-0.4, -0.2) is 13.2 Å². The summed E-state index contributed by atoms with van der Waals surface area (Å²) < 4.78 is 11.4. The van der Waals surface area contributed by atoms with Gasteiger partial charge in [-0.1, -0.05) is 77.2 Å². The quantitative estimate of drug-likeness (QED) is 0.210. The van der Waals surface area contributed by atoms with Crippen molar-refractivity contribution in [3.63, 3.8) is 0 Å². The average molecular weight is 321 g/mol. The van der Waals surface area contributed by atoms with Gasteiger partial charge in [-0.2, -0.15) is 0 Å². The van der Waals surface area contributed by atoms with Crippen molar-refractivity contribution < 1.29 is 9.47 Å². The Balaban J connectivity index is 4.17. The molecule has 0 aliphatic heterocycles. The smallest absolute Gasteiger partial charge is 0.287 e. The van der Waals surface area contributed by atoms with Gasteiger partial charge in [-0.15, -0.1) is 0 Å². The lowest BCUT2D eigenvalue weighted by Gasteiger charge is -2.10. The van der Waals surface area contributed by atoms with Crippen molar-refractivity contribution in [3.8, 4) is 11.8 Å². The van der Waals surface area contributed by atoms with E-state index in [2.05, 4.69) is 38.7 Å². The Bertz CT molecular complexity index is 344. The van der Waals surface area contributed by atoms with Crippen LogP contribution in [0, 0.1) is 11.8 Å². The van der Waals surface area contributed by atoms with Gasteiger partial charge in [0.25, 0.3) is 5.95 Å². The summed E-state index contributed by atoms with van der Waals surface area (Å²) in [6.07, 6.45) is 17.6. The highest BCUT2D eigenvalue weighted by Gasteiger charge is 1.98. The molecule has 0 aromatic rings. The van der Waals surface area contributed by atoms with E-state index in [1.54, 1.807) is 6.08 Å². The first-order valence-corrected chi connectivity index (χ1v) is 9.46. The fourth-order valence-corrected chi connectivity index (χ4v) is 1.98. The lowest BCUT2D eigenvalue weighted by molar-refractivity contribution is 0.0327. The van der Waals surface area contributed by atoms with Crippen LogP contribution in [0.15, 0.2) is 24.2 Å². The molecule has 2 nitrogen and oxygen atoms in total. The van der Waals surface area contributed by atoms with Crippen molar-refractivity contribution in [2.45, 2.75) is 85.0 Å². The topological polar surface area (TPSA) is 18.5 Å². The SMILES string of the molecule is CCCCC/C=C/C#CC=C(OCCCCC)OCCCCC. The van der Waals surface area contributed by atoms with Gasteiger partial charge in [-0.3, -0.25) is 0 Å². The molecule has 0 aromatic heterocycles. The van der Waals surface area contributed by atoms with Gasteiger partial charge in [0.2, 0.25) is 0 Å². The first-order chi connectivity index (χ1) is 11.3. The first kappa shape index (κ1) is 21.6. The third kappa shape index (κ3) is 16.8. The van der Waals surface area contributed by atoms with E-state index in [1.807, 2.05) is 6.08 Å². The number of rotatable bonds is 14. The van der Waals surface area contributed by atoms with E-state index < -0.39 is 0 Å². The molecule has 0 heterocycles. The van der Waals surface area contributed by atoms with Crippen LogP contribution in [0.2, 0.25) is 0 Å². The van der Waals surface area contributed by atoms with E-state index in [1.165, 1.54) is 44.9 Å². The van der Waals surface area contributed by atoms with Crippen LogP contribution in [0.1, 0.15) is 85.0 Å². The maximum atomic E-state index is 5.70. The second kappa shape index (κ2) is 18.7. The second-order valence-corrected chi connectivity index (χ2v) is 5.76. The standard InChI is InChI=1S/C21H36O2/c1-4-7-10-11-12-13-14-15-18-21(22-19-16-8-5-2)23-20-17-9-6-3/h12-13,18H,4-11,16-17,19-20H2,1-3H3/b13-12+. The number of hydrogen-bond donors (Lipinski definition) is 0. The van der Waals surface area contributed by atoms with Crippen LogP contribution < -0.4 is 0 Å². The number of allylic oxidation sites excluding steroid dienone is 3. The molecule has 0 N–H and O–H groups in total. The van der Waals surface area contributed by atoms with Crippen molar-refractivity contribution in [1.82, 2.24) is 0 Å². The third-order valence-electron chi connectivity index (χ3n) is 3.43. The zero-order valence-electron chi connectivity index (χ0n) is 15.5. The number of unbranched alkanes of at least 4 members (excludes halogenated alkanes) is 7. The number of ether oxygens (including phenoxy) is 2. The molecule has 0 bridgehead atoms. The largest absolute Gasteiger partial charge is 0.465 e. The summed E-state index contributed by atoms with van der Waals surface area (Å²) in [5.41, 5.74) is 0. The van der Waals surface area contributed by atoms with Gasteiger partial charge >= 0.3 is 0 Å². The van der Waals surface area contributed by atoms with Gasteiger partial charge in [0.1, 0.15) is 0 Å². The van der Waals surface area contributed by atoms with Gasteiger partial charge in [0, 0.05) is 0 Å². The Kier molecular flexibility index (Phi) is 17.6. The summed E-state index contributed by atoms with van der Waals surface area (Å²) in [5, 5.41) is 0. The molecule has 0 radical (unpaired) electrons. The predicted molar refractivity (Wildman–Crippen MR) is 100 cm³/mol. The van der Waals surface area contributed by atoms with Crippen LogP contribution in [0.4, 0.5) is 0 Å². The van der Waals surface area contributed by atoms with Crippen LogP contribution >= 0.6 is 0 Å². The molecule has 0 saturated carbocycles. The summed E-state index contributed by atoms with van der Waals surface area (Å²) in [6, 6.07) is 0. The Morgan fingerprint density at radius 3 is 1.87 bits per heavy atom. The minimum atomic E-state index is 0.573. The van der Waals surface area contributed by atoms with Gasteiger partial charge in [0.15, 0.2) is 0 Å². The molecule has 0 aliphatic rings. The van der Waals surface area contributed by atoms with Crippen LogP contribution in [-0.2, 0) is 9.47 Å². The third-order valence-corrected chi connectivity index (χ3v) is 3.43. The highest BCUT2D eigenvalue weighted by Crippen LogP contribution is 2.05. The molecule has 0 amide bonds. The monoisotopic (exact) mass is 320 g/mol. The molecule has 0 aromatic carbocycles. The molecule has 0 saturated heterocycles. The zero-order valence-corrected chi connectivity index (χ0v) is 15.5. The summed E-state index contributed by atoms with van der Waals surface area (Å²) in [7, 11) is 0. The molecule has 0 rings (SSSR count). The fourth-order valence-electron chi connectivity index (χ4n) is 1.98. The van der Waals surface area contributed by atoms with Gasteiger partial charge < -0.3 is 9.47 Å². The van der Waals surface area contributed by atoms with Crippen LogP contribution in [0.3, 0.4) is 0 Å². The lowest BCUT2D eigenvalue weighted by Crippen LogP contribution is -2.01. The van der Waals surface area contributed by atoms with Gasteiger partial charge in [-0.05, 0) is 31.8 Å².